The summed E-state index contributed by atoms with van der Waals surface area (Å²) in [5.74, 6) is -0.254. The van der Waals surface area contributed by atoms with E-state index < -0.39 is 6.10 Å². The summed E-state index contributed by atoms with van der Waals surface area (Å²) in [6.45, 7) is -0.130. The van der Waals surface area contributed by atoms with Crippen molar-refractivity contribution in [1.82, 2.24) is 0 Å². The molecule has 1 aliphatic rings. The number of hydrogen-bond acceptors (Lipinski definition) is 3. The molecule has 3 unspecified atom stereocenters. The van der Waals surface area contributed by atoms with Gasteiger partial charge in [0.25, 0.3) is 0 Å². The van der Waals surface area contributed by atoms with Gasteiger partial charge in [-0.15, -0.1) is 0 Å². The molecule has 3 aromatic carbocycles. The molecule has 0 bridgehead atoms. The van der Waals surface area contributed by atoms with Gasteiger partial charge in [0.1, 0.15) is 5.82 Å². The largest absolute Gasteiger partial charge is 0.394 e. The van der Waals surface area contributed by atoms with Crippen LogP contribution >= 0.6 is 0 Å². The van der Waals surface area contributed by atoms with Crippen molar-refractivity contribution in [3.8, 4) is 11.1 Å². The lowest BCUT2D eigenvalue weighted by Crippen LogP contribution is -2.33. The highest BCUT2D eigenvalue weighted by Crippen LogP contribution is 2.32. The molecule has 0 amide bonds. The van der Waals surface area contributed by atoms with Crippen molar-refractivity contribution in [2.24, 2.45) is 0 Å². The molecule has 0 spiro atoms. The Hall–Kier alpha value is -2.53. The number of hydrogen-bond donors (Lipinski definition) is 2. The van der Waals surface area contributed by atoms with E-state index in [9.17, 15) is 14.6 Å². The normalized spacial score (nSPS) is 21.8. The second-order valence-electron chi connectivity index (χ2n) is 7.65. The maximum atomic E-state index is 14.5. The molecule has 1 aliphatic heterocycles. The molecule has 0 aromatic heterocycles. The molecule has 4 heteroatoms. The van der Waals surface area contributed by atoms with Gasteiger partial charge in [-0.05, 0) is 39.9 Å². The van der Waals surface area contributed by atoms with Gasteiger partial charge in [-0.1, -0.05) is 60.7 Å². The smallest absolute Gasteiger partial charge is 0.126 e. The first kappa shape index (κ1) is 19.8. The molecule has 0 saturated carbocycles. The second kappa shape index (κ2) is 8.87. The minimum Gasteiger partial charge on any atom is -0.394 e. The van der Waals surface area contributed by atoms with Crippen molar-refractivity contribution in [3.05, 3.63) is 95.3 Å². The van der Waals surface area contributed by atoms with E-state index in [2.05, 4.69) is 24.3 Å². The summed E-state index contributed by atoms with van der Waals surface area (Å²) < 4.78 is 20.3. The molecule has 3 aromatic rings. The molecule has 2 N–H and O–H groups in total. The second-order valence-corrected chi connectivity index (χ2v) is 7.65. The Morgan fingerprint density at radius 3 is 2.34 bits per heavy atom. The minimum atomic E-state index is -0.523. The number of benzene rings is 3. The lowest BCUT2D eigenvalue weighted by Gasteiger charge is -2.32. The molecule has 4 rings (SSSR count). The number of ether oxygens (including phenoxy) is 1. The van der Waals surface area contributed by atoms with Crippen molar-refractivity contribution in [3.63, 3.8) is 0 Å². The summed E-state index contributed by atoms with van der Waals surface area (Å²) in [4.78, 5) is 0. The van der Waals surface area contributed by atoms with Crippen LogP contribution in [0.4, 0.5) is 4.39 Å². The maximum Gasteiger partial charge on any atom is 0.126 e. The topological polar surface area (TPSA) is 49.7 Å². The molecular formula is C25H25FO3. The Bertz CT molecular complexity index is 940. The molecule has 0 radical (unpaired) electrons. The highest BCUT2D eigenvalue weighted by molar-refractivity contribution is 5.63. The third-order valence-corrected chi connectivity index (χ3v) is 5.48. The zero-order chi connectivity index (χ0) is 20.2. The zero-order valence-corrected chi connectivity index (χ0v) is 16.2. The molecular weight excluding hydrogens is 367 g/mol. The summed E-state index contributed by atoms with van der Waals surface area (Å²) in [5, 5.41) is 19.4. The van der Waals surface area contributed by atoms with Gasteiger partial charge < -0.3 is 14.9 Å². The SMILES string of the molecule is OCC1CC(O)CC(c2ccc(F)c(Cc3ccc(-c4ccccc4)cc3)c2)O1. The maximum absolute atomic E-state index is 14.5. The molecule has 29 heavy (non-hydrogen) atoms. The van der Waals surface area contributed by atoms with Crippen molar-refractivity contribution in [1.29, 1.82) is 0 Å². The number of aliphatic hydroxyl groups is 2. The van der Waals surface area contributed by atoms with Crippen molar-refractivity contribution in [2.45, 2.75) is 37.6 Å². The first-order valence-electron chi connectivity index (χ1n) is 9.99. The fourth-order valence-corrected chi connectivity index (χ4v) is 3.92. The van der Waals surface area contributed by atoms with E-state index in [0.717, 1.165) is 22.3 Å². The lowest BCUT2D eigenvalue weighted by atomic mass is 9.93. The highest BCUT2D eigenvalue weighted by Gasteiger charge is 2.29. The number of halogens is 1. The van der Waals surface area contributed by atoms with Crippen LogP contribution in [0.3, 0.4) is 0 Å². The quantitative estimate of drug-likeness (QED) is 0.664. The average molecular weight is 392 g/mol. The van der Waals surface area contributed by atoms with Gasteiger partial charge in [0.2, 0.25) is 0 Å². The van der Waals surface area contributed by atoms with E-state index in [-0.39, 0.29) is 24.6 Å². The van der Waals surface area contributed by atoms with Crippen LogP contribution in [0.1, 0.15) is 35.6 Å². The minimum absolute atomic E-state index is 0.130. The van der Waals surface area contributed by atoms with E-state index in [1.807, 2.05) is 36.4 Å². The highest BCUT2D eigenvalue weighted by atomic mass is 19.1. The Morgan fingerprint density at radius 1 is 0.897 bits per heavy atom. The predicted molar refractivity (Wildman–Crippen MR) is 111 cm³/mol. The van der Waals surface area contributed by atoms with Crippen LogP contribution in [0.15, 0.2) is 72.8 Å². The van der Waals surface area contributed by atoms with Gasteiger partial charge >= 0.3 is 0 Å². The first-order chi connectivity index (χ1) is 14.1. The first-order valence-corrected chi connectivity index (χ1v) is 9.99. The Kier molecular flexibility index (Phi) is 6.05. The summed E-state index contributed by atoms with van der Waals surface area (Å²) in [6.07, 6.45) is 0.110. The van der Waals surface area contributed by atoms with E-state index >= 15 is 0 Å². The third-order valence-electron chi connectivity index (χ3n) is 5.48. The van der Waals surface area contributed by atoms with Gasteiger partial charge in [-0.3, -0.25) is 0 Å². The van der Waals surface area contributed by atoms with Gasteiger partial charge in [0.15, 0.2) is 0 Å². The summed E-state index contributed by atoms with van der Waals surface area (Å²) in [6, 6.07) is 23.3. The lowest BCUT2D eigenvalue weighted by molar-refractivity contribution is -0.113. The van der Waals surface area contributed by atoms with Crippen LogP contribution in [0.25, 0.3) is 11.1 Å². The molecule has 1 saturated heterocycles. The van der Waals surface area contributed by atoms with E-state index in [1.165, 1.54) is 6.07 Å². The van der Waals surface area contributed by atoms with Crippen LogP contribution in [-0.2, 0) is 11.2 Å². The molecule has 150 valence electrons. The fraction of sp³-hybridized carbons (Fsp3) is 0.280. The number of rotatable bonds is 5. The third kappa shape index (κ3) is 4.73. The average Bonchev–Trinajstić information content (AvgIpc) is 2.76. The number of aliphatic hydroxyl groups excluding tert-OH is 2. The van der Waals surface area contributed by atoms with Crippen LogP contribution in [0.2, 0.25) is 0 Å². The van der Waals surface area contributed by atoms with Gasteiger partial charge in [-0.25, -0.2) is 4.39 Å². The van der Waals surface area contributed by atoms with Crippen molar-refractivity contribution >= 4 is 0 Å². The Balaban J connectivity index is 1.52. The predicted octanol–water partition coefficient (Wildman–Crippen LogP) is 4.66. The standard InChI is InChI=1S/C25H25FO3/c26-24-11-10-20(25-15-22(28)14-23(16-27)29-25)13-21(24)12-17-6-8-19(9-7-17)18-4-2-1-3-5-18/h1-11,13,22-23,25,27-28H,12,14-16H2. The molecule has 0 aliphatic carbocycles. The molecule has 1 fully saturated rings. The van der Waals surface area contributed by atoms with E-state index in [4.69, 9.17) is 4.74 Å². The summed E-state index contributed by atoms with van der Waals surface area (Å²) in [7, 11) is 0. The summed E-state index contributed by atoms with van der Waals surface area (Å²) in [5.41, 5.74) is 4.74. The molecule has 3 atom stereocenters. The Labute approximate surface area is 170 Å². The van der Waals surface area contributed by atoms with Crippen LogP contribution in [0, 0.1) is 5.82 Å². The van der Waals surface area contributed by atoms with Crippen molar-refractivity contribution in [2.75, 3.05) is 6.61 Å². The molecule has 1 heterocycles. The van der Waals surface area contributed by atoms with E-state index in [1.54, 1.807) is 6.07 Å². The van der Waals surface area contributed by atoms with E-state index in [0.29, 0.717) is 24.8 Å². The van der Waals surface area contributed by atoms with Crippen molar-refractivity contribution < 1.29 is 19.3 Å². The summed E-state index contributed by atoms with van der Waals surface area (Å²) >= 11 is 0. The zero-order valence-electron chi connectivity index (χ0n) is 16.2. The van der Waals surface area contributed by atoms with Gasteiger partial charge in [-0.2, -0.15) is 0 Å². The van der Waals surface area contributed by atoms with Gasteiger partial charge in [0, 0.05) is 19.3 Å². The van der Waals surface area contributed by atoms with Crippen LogP contribution < -0.4 is 0 Å². The van der Waals surface area contributed by atoms with Crippen LogP contribution in [-0.4, -0.2) is 29.0 Å². The molecule has 3 nitrogen and oxygen atoms in total. The monoisotopic (exact) mass is 392 g/mol. The fourth-order valence-electron chi connectivity index (χ4n) is 3.92. The van der Waals surface area contributed by atoms with Crippen LogP contribution in [0.5, 0.6) is 0 Å². The Morgan fingerprint density at radius 2 is 1.62 bits per heavy atom. The van der Waals surface area contributed by atoms with Gasteiger partial charge in [0.05, 0.1) is 24.9 Å².